The number of Topliss-reactive ketones (excluding diaryl/α,β-unsaturated/α-hetero) is 1. The minimum Gasteiger partial charge on any atom is -0.454 e. The Morgan fingerprint density at radius 2 is 1.70 bits per heavy atom. The standard InChI is InChI=1S/C22H32N2O6/c1-12(2)19(23)21(26)30-22(13(3)4)29-15(6)24(7)14(5)20(25)16-8-9-17-18(10-16)28-11-27-17/h8-10,12-14,19,22H,6,11,23H2,1-5,7H3. The number of esters is 1. The zero-order valence-electron chi connectivity index (χ0n) is 18.5. The van der Waals surface area contributed by atoms with Crippen LogP contribution in [0, 0.1) is 11.8 Å². The van der Waals surface area contributed by atoms with Crippen molar-refractivity contribution in [2.75, 3.05) is 13.8 Å². The van der Waals surface area contributed by atoms with Crippen molar-refractivity contribution < 1.29 is 28.5 Å². The number of carbonyl (C=O) groups is 2. The molecule has 30 heavy (non-hydrogen) atoms. The number of ketones is 1. The lowest BCUT2D eigenvalue weighted by Gasteiger charge is -2.31. The van der Waals surface area contributed by atoms with E-state index in [1.165, 1.54) is 0 Å². The van der Waals surface area contributed by atoms with E-state index in [2.05, 4.69) is 6.58 Å². The van der Waals surface area contributed by atoms with E-state index in [9.17, 15) is 9.59 Å². The van der Waals surface area contributed by atoms with Gasteiger partial charge in [0.2, 0.25) is 13.1 Å². The van der Waals surface area contributed by atoms with Gasteiger partial charge in [-0.1, -0.05) is 27.7 Å². The van der Waals surface area contributed by atoms with Crippen LogP contribution in [0.25, 0.3) is 0 Å². The Morgan fingerprint density at radius 3 is 2.30 bits per heavy atom. The van der Waals surface area contributed by atoms with Gasteiger partial charge in [-0.3, -0.25) is 9.59 Å². The van der Waals surface area contributed by atoms with Crippen molar-refractivity contribution in [3.63, 3.8) is 0 Å². The van der Waals surface area contributed by atoms with Gasteiger partial charge in [-0.2, -0.15) is 0 Å². The third kappa shape index (κ3) is 5.44. The van der Waals surface area contributed by atoms with Gasteiger partial charge in [0.25, 0.3) is 0 Å². The Balaban J connectivity index is 2.03. The molecule has 0 aliphatic carbocycles. The molecule has 166 valence electrons. The Kier molecular flexibility index (Phi) is 7.72. The second kappa shape index (κ2) is 9.84. The molecule has 0 radical (unpaired) electrons. The minimum absolute atomic E-state index is 0.0597. The first-order chi connectivity index (χ1) is 14.0. The van der Waals surface area contributed by atoms with Gasteiger partial charge in [0, 0.05) is 18.5 Å². The SMILES string of the molecule is C=C(OC(OC(=O)C(N)C(C)C)C(C)C)N(C)C(C)C(=O)c1ccc2c(c1)OCO2. The summed E-state index contributed by atoms with van der Waals surface area (Å²) in [7, 11) is 1.69. The molecule has 0 saturated heterocycles. The number of nitrogens with zero attached hydrogens (tertiary/aromatic N) is 1. The van der Waals surface area contributed by atoms with Gasteiger partial charge in [0.1, 0.15) is 6.04 Å². The zero-order chi connectivity index (χ0) is 22.6. The van der Waals surface area contributed by atoms with Crippen molar-refractivity contribution >= 4 is 11.8 Å². The van der Waals surface area contributed by atoms with E-state index in [0.717, 1.165) is 0 Å². The fourth-order valence-electron chi connectivity index (χ4n) is 2.66. The highest BCUT2D eigenvalue weighted by molar-refractivity contribution is 6.00. The number of benzene rings is 1. The minimum atomic E-state index is -0.870. The summed E-state index contributed by atoms with van der Waals surface area (Å²) in [5.41, 5.74) is 6.35. The average molecular weight is 421 g/mol. The van der Waals surface area contributed by atoms with E-state index < -0.39 is 24.3 Å². The van der Waals surface area contributed by atoms with Crippen LogP contribution in [0.3, 0.4) is 0 Å². The number of rotatable bonds is 10. The number of carbonyl (C=O) groups excluding carboxylic acids is 2. The third-order valence-corrected chi connectivity index (χ3v) is 5.03. The van der Waals surface area contributed by atoms with E-state index in [-0.39, 0.29) is 30.3 Å². The van der Waals surface area contributed by atoms with Crippen molar-refractivity contribution in [1.29, 1.82) is 0 Å². The molecule has 0 fully saturated rings. The fourth-order valence-corrected chi connectivity index (χ4v) is 2.66. The molecule has 0 bridgehead atoms. The lowest BCUT2D eigenvalue weighted by Crippen LogP contribution is -2.42. The molecule has 2 N–H and O–H groups in total. The van der Waals surface area contributed by atoms with Gasteiger partial charge in [0.15, 0.2) is 23.2 Å². The van der Waals surface area contributed by atoms with Crippen molar-refractivity contribution in [1.82, 2.24) is 4.90 Å². The van der Waals surface area contributed by atoms with E-state index in [0.29, 0.717) is 17.1 Å². The molecule has 0 aromatic heterocycles. The second-order valence-electron chi connectivity index (χ2n) is 8.05. The Labute approximate surface area is 177 Å². The van der Waals surface area contributed by atoms with Crippen LogP contribution in [0.15, 0.2) is 30.7 Å². The molecule has 2 rings (SSSR count). The largest absolute Gasteiger partial charge is 0.454 e. The summed E-state index contributed by atoms with van der Waals surface area (Å²) in [6.45, 7) is 13.2. The molecule has 1 aromatic rings. The zero-order valence-corrected chi connectivity index (χ0v) is 18.5. The molecular formula is C22H32N2O6. The summed E-state index contributed by atoms with van der Waals surface area (Å²) in [6.07, 6.45) is -0.870. The van der Waals surface area contributed by atoms with Crippen molar-refractivity contribution in [2.45, 2.75) is 53.0 Å². The second-order valence-corrected chi connectivity index (χ2v) is 8.05. The summed E-state index contributed by atoms with van der Waals surface area (Å²) < 4.78 is 21.9. The Hall–Kier alpha value is -2.74. The monoisotopic (exact) mass is 420 g/mol. The smallest absolute Gasteiger partial charge is 0.326 e. The first-order valence-corrected chi connectivity index (χ1v) is 10.0. The van der Waals surface area contributed by atoms with E-state index >= 15 is 0 Å². The van der Waals surface area contributed by atoms with Gasteiger partial charge < -0.3 is 29.6 Å². The first kappa shape index (κ1) is 23.5. The lowest BCUT2D eigenvalue weighted by atomic mass is 10.0. The van der Waals surface area contributed by atoms with Crippen LogP contribution in [-0.4, -0.2) is 48.9 Å². The lowest BCUT2D eigenvalue weighted by molar-refractivity contribution is -0.186. The number of hydrogen-bond acceptors (Lipinski definition) is 8. The number of nitrogens with two attached hydrogens (primary N) is 1. The Morgan fingerprint density at radius 1 is 1.07 bits per heavy atom. The molecule has 3 atom stereocenters. The molecule has 1 aliphatic heterocycles. The first-order valence-electron chi connectivity index (χ1n) is 10.0. The molecule has 0 saturated carbocycles. The van der Waals surface area contributed by atoms with Crippen LogP contribution >= 0.6 is 0 Å². The number of likely N-dealkylation sites (N-methyl/N-ethyl adjacent to an activating group) is 1. The van der Waals surface area contributed by atoms with Crippen LogP contribution in [0.5, 0.6) is 11.5 Å². The fraction of sp³-hybridized carbons (Fsp3) is 0.545. The van der Waals surface area contributed by atoms with E-state index in [1.807, 2.05) is 27.7 Å². The molecule has 8 nitrogen and oxygen atoms in total. The molecule has 8 heteroatoms. The summed E-state index contributed by atoms with van der Waals surface area (Å²) in [5.74, 6) is 0.486. The van der Waals surface area contributed by atoms with E-state index in [4.69, 9.17) is 24.7 Å². The normalized spacial score (nSPS) is 15.5. The quantitative estimate of drug-likeness (QED) is 0.267. The van der Waals surface area contributed by atoms with Crippen molar-refractivity contribution in [2.24, 2.45) is 17.6 Å². The topological polar surface area (TPSA) is 100 Å². The van der Waals surface area contributed by atoms with Gasteiger partial charge in [-0.15, -0.1) is 0 Å². The summed E-state index contributed by atoms with van der Waals surface area (Å²) >= 11 is 0. The van der Waals surface area contributed by atoms with Gasteiger partial charge in [-0.25, -0.2) is 0 Å². The van der Waals surface area contributed by atoms with Crippen molar-refractivity contribution in [3.8, 4) is 11.5 Å². The molecular weight excluding hydrogens is 388 g/mol. The maximum absolute atomic E-state index is 12.9. The summed E-state index contributed by atoms with van der Waals surface area (Å²) in [4.78, 5) is 26.7. The Bertz CT molecular complexity index is 792. The van der Waals surface area contributed by atoms with Gasteiger partial charge in [0.05, 0.1) is 6.04 Å². The van der Waals surface area contributed by atoms with Crippen LogP contribution in [0.2, 0.25) is 0 Å². The summed E-state index contributed by atoms with van der Waals surface area (Å²) in [5, 5.41) is 0. The number of ether oxygens (including phenoxy) is 4. The number of fused-ring (bicyclic) bond motifs is 1. The molecule has 0 amide bonds. The maximum atomic E-state index is 12.9. The molecule has 0 spiro atoms. The van der Waals surface area contributed by atoms with Crippen LogP contribution in [0.1, 0.15) is 45.0 Å². The molecule has 1 heterocycles. The number of hydrogen-bond donors (Lipinski definition) is 1. The van der Waals surface area contributed by atoms with Gasteiger partial charge in [-0.05, 0) is 37.6 Å². The highest BCUT2D eigenvalue weighted by Crippen LogP contribution is 2.33. The average Bonchev–Trinajstić information content (AvgIpc) is 3.18. The predicted molar refractivity (Wildman–Crippen MR) is 112 cm³/mol. The molecule has 1 aliphatic rings. The molecule has 1 aromatic carbocycles. The van der Waals surface area contributed by atoms with Crippen LogP contribution in [-0.2, 0) is 14.3 Å². The van der Waals surface area contributed by atoms with Crippen molar-refractivity contribution in [3.05, 3.63) is 36.2 Å². The maximum Gasteiger partial charge on any atom is 0.326 e. The van der Waals surface area contributed by atoms with E-state index in [1.54, 1.807) is 37.1 Å². The highest BCUT2D eigenvalue weighted by Gasteiger charge is 2.29. The highest BCUT2D eigenvalue weighted by atomic mass is 16.7. The summed E-state index contributed by atoms with van der Waals surface area (Å²) in [6, 6.07) is 3.74. The van der Waals surface area contributed by atoms with Gasteiger partial charge >= 0.3 is 5.97 Å². The predicted octanol–water partition coefficient (Wildman–Crippen LogP) is 2.91. The molecule has 3 unspecified atom stereocenters. The van der Waals surface area contributed by atoms with Crippen LogP contribution < -0.4 is 15.2 Å². The third-order valence-electron chi connectivity index (χ3n) is 5.03. The van der Waals surface area contributed by atoms with Crippen LogP contribution in [0.4, 0.5) is 0 Å².